The topological polar surface area (TPSA) is 56.0 Å². The van der Waals surface area contributed by atoms with Gasteiger partial charge in [-0.25, -0.2) is 0 Å². The van der Waals surface area contributed by atoms with E-state index in [4.69, 9.17) is 23.2 Å². The molecule has 0 aliphatic heterocycles. The van der Waals surface area contributed by atoms with Gasteiger partial charge in [-0.1, -0.05) is 59.6 Å². The van der Waals surface area contributed by atoms with E-state index in [1.165, 1.54) is 0 Å². The lowest BCUT2D eigenvalue weighted by Gasteiger charge is -2.36. The zero-order valence-corrected chi connectivity index (χ0v) is 20.0. The van der Waals surface area contributed by atoms with Crippen molar-refractivity contribution in [2.45, 2.75) is 50.8 Å². The van der Waals surface area contributed by atoms with E-state index in [9.17, 15) is 10.4 Å². The van der Waals surface area contributed by atoms with Crippen LogP contribution in [0.5, 0.6) is 0 Å². The SMILES string of the molecule is CC(N[C@@H](c1ccc(Cl)cc1)C(C)(C)O)C(Cc1ccc(Cl)cc1)c1cccc(C#N)c1. The van der Waals surface area contributed by atoms with Gasteiger partial charge in [-0.15, -0.1) is 0 Å². The van der Waals surface area contributed by atoms with Gasteiger partial charge < -0.3 is 10.4 Å². The molecule has 0 aromatic heterocycles. The number of halogens is 2. The molecule has 3 nitrogen and oxygen atoms in total. The first kappa shape index (κ1) is 24.3. The molecule has 2 unspecified atom stereocenters. The second kappa shape index (κ2) is 10.5. The Kier molecular flexibility index (Phi) is 7.98. The van der Waals surface area contributed by atoms with Gasteiger partial charge in [0.2, 0.25) is 0 Å². The first-order chi connectivity index (χ1) is 15.2. The van der Waals surface area contributed by atoms with Crippen LogP contribution < -0.4 is 5.32 Å². The first-order valence-corrected chi connectivity index (χ1v) is 11.4. The number of nitrogens with zero attached hydrogens (tertiary/aromatic N) is 1. The molecular weight excluding hydrogens is 439 g/mol. The van der Waals surface area contributed by atoms with Crippen LogP contribution in [0, 0.1) is 11.3 Å². The summed E-state index contributed by atoms with van der Waals surface area (Å²) in [5, 5.41) is 25.4. The molecule has 0 amide bonds. The van der Waals surface area contributed by atoms with Crippen LogP contribution >= 0.6 is 23.2 Å². The van der Waals surface area contributed by atoms with E-state index in [1.54, 1.807) is 13.8 Å². The Hall–Kier alpha value is -2.35. The number of benzene rings is 3. The monoisotopic (exact) mass is 466 g/mol. The average Bonchev–Trinajstić information content (AvgIpc) is 2.77. The molecule has 0 bridgehead atoms. The highest BCUT2D eigenvalue weighted by Gasteiger charge is 2.32. The van der Waals surface area contributed by atoms with Crippen LogP contribution in [-0.2, 0) is 6.42 Å². The quantitative estimate of drug-likeness (QED) is 0.389. The number of hydrogen-bond donors (Lipinski definition) is 2. The van der Waals surface area contributed by atoms with Crippen molar-refractivity contribution in [3.8, 4) is 6.07 Å². The Morgan fingerprint density at radius 2 is 1.53 bits per heavy atom. The van der Waals surface area contributed by atoms with Crippen molar-refractivity contribution < 1.29 is 5.11 Å². The van der Waals surface area contributed by atoms with Crippen molar-refractivity contribution in [3.63, 3.8) is 0 Å². The van der Waals surface area contributed by atoms with Crippen molar-refractivity contribution in [2.24, 2.45) is 0 Å². The number of nitriles is 1. The van der Waals surface area contributed by atoms with Gasteiger partial charge in [0.05, 0.1) is 23.3 Å². The van der Waals surface area contributed by atoms with Crippen LogP contribution in [0.2, 0.25) is 10.0 Å². The zero-order valence-electron chi connectivity index (χ0n) is 18.5. The molecule has 3 aromatic rings. The van der Waals surface area contributed by atoms with E-state index in [-0.39, 0.29) is 18.0 Å². The normalized spacial score (nSPS) is 14.4. The van der Waals surface area contributed by atoms with Gasteiger partial charge in [-0.2, -0.15) is 5.26 Å². The predicted molar refractivity (Wildman–Crippen MR) is 132 cm³/mol. The second-order valence-corrected chi connectivity index (χ2v) is 9.64. The Morgan fingerprint density at radius 3 is 2.09 bits per heavy atom. The van der Waals surface area contributed by atoms with Crippen LogP contribution in [0.15, 0.2) is 72.8 Å². The number of rotatable bonds is 8. The molecular formula is C27H28Cl2N2O. The summed E-state index contributed by atoms with van der Waals surface area (Å²) in [6.07, 6.45) is 0.763. The van der Waals surface area contributed by atoms with E-state index in [0.717, 1.165) is 23.1 Å². The van der Waals surface area contributed by atoms with Crippen molar-refractivity contribution in [2.75, 3.05) is 0 Å². The third-order valence-electron chi connectivity index (χ3n) is 5.76. The number of nitrogens with one attached hydrogen (secondary N) is 1. The van der Waals surface area contributed by atoms with Crippen LogP contribution in [0.4, 0.5) is 0 Å². The average molecular weight is 467 g/mol. The van der Waals surface area contributed by atoms with Crippen LogP contribution in [0.3, 0.4) is 0 Å². The van der Waals surface area contributed by atoms with Crippen LogP contribution in [-0.4, -0.2) is 16.7 Å². The standard InChI is InChI=1S/C27H28Cl2N2O/c1-18(31-26(27(2,3)32)21-9-13-24(29)14-10-21)25(16-19-7-11-23(28)12-8-19)22-6-4-5-20(15-22)17-30/h4-15,18,25-26,31-32H,16H2,1-3H3/t18?,25?,26-/m0/s1. The van der Waals surface area contributed by atoms with Crippen molar-refractivity contribution in [1.82, 2.24) is 5.32 Å². The van der Waals surface area contributed by atoms with E-state index in [0.29, 0.717) is 15.6 Å². The van der Waals surface area contributed by atoms with Gasteiger partial charge in [-0.3, -0.25) is 0 Å². The largest absolute Gasteiger partial charge is 0.388 e. The molecule has 166 valence electrons. The van der Waals surface area contributed by atoms with Crippen molar-refractivity contribution in [3.05, 3.63) is 105 Å². The number of aliphatic hydroxyl groups is 1. The summed E-state index contributed by atoms with van der Waals surface area (Å²) in [5.74, 6) is 0.0709. The molecule has 0 aliphatic carbocycles. The third-order valence-corrected chi connectivity index (χ3v) is 6.26. The summed E-state index contributed by atoms with van der Waals surface area (Å²) >= 11 is 12.2. The molecule has 32 heavy (non-hydrogen) atoms. The molecule has 0 aliphatic rings. The summed E-state index contributed by atoms with van der Waals surface area (Å²) < 4.78 is 0. The maximum absolute atomic E-state index is 11.0. The molecule has 0 radical (unpaired) electrons. The second-order valence-electron chi connectivity index (χ2n) is 8.77. The molecule has 0 saturated carbocycles. The van der Waals surface area contributed by atoms with E-state index >= 15 is 0 Å². The van der Waals surface area contributed by atoms with Gasteiger partial charge >= 0.3 is 0 Å². The van der Waals surface area contributed by atoms with Gasteiger partial charge in [0.25, 0.3) is 0 Å². The zero-order chi connectivity index (χ0) is 23.3. The maximum atomic E-state index is 11.0. The summed E-state index contributed by atoms with van der Waals surface area (Å²) in [4.78, 5) is 0. The highest BCUT2D eigenvalue weighted by Crippen LogP contribution is 2.32. The molecule has 0 spiro atoms. The smallest absolute Gasteiger partial charge is 0.0991 e. The number of hydrogen-bond acceptors (Lipinski definition) is 3. The summed E-state index contributed by atoms with van der Waals surface area (Å²) in [5.41, 5.74) is 2.82. The van der Waals surface area contributed by atoms with Crippen molar-refractivity contribution in [1.29, 1.82) is 5.26 Å². The van der Waals surface area contributed by atoms with Gasteiger partial charge in [0.1, 0.15) is 0 Å². The minimum absolute atomic E-state index is 0.00766. The van der Waals surface area contributed by atoms with Crippen LogP contribution in [0.1, 0.15) is 55.0 Å². The van der Waals surface area contributed by atoms with E-state index in [1.807, 2.05) is 66.7 Å². The summed E-state index contributed by atoms with van der Waals surface area (Å²) in [6.45, 7) is 5.72. The molecule has 3 aromatic carbocycles. The fraction of sp³-hybridized carbons (Fsp3) is 0.296. The van der Waals surface area contributed by atoms with E-state index in [2.05, 4.69) is 24.4 Å². The van der Waals surface area contributed by atoms with Gasteiger partial charge in [0, 0.05) is 22.0 Å². The molecule has 2 N–H and O–H groups in total. The lowest BCUT2D eigenvalue weighted by Crippen LogP contribution is -2.45. The van der Waals surface area contributed by atoms with Gasteiger partial charge in [-0.05, 0) is 80.3 Å². The third kappa shape index (κ3) is 6.34. The first-order valence-electron chi connectivity index (χ1n) is 10.7. The minimum atomic E-state index is -0.999. The molecule has 0 saturated heterocycles. The van der Waals surface area contributed by atoms with Gasteiger partial charge in [0.15, 0.2) is 0 Å². The predicted octanol–water partition coefficient (Wildman–Crippen LogP) is 6.68. The summed E-state index contributed by atoms with van der Waals surface area (Å²) in [7, 11) is 0. The van der Waals surface area contributed by atoms with Crippen LogP contribution in [0.25, 0.3) is 0 Å². The molecule has 0 heterocycles. The fourth-order valence-corrected chi connectivity index (χ4v) is 4.29. The highest BCUT2D eigenvalue weighted by molar-refractivity contribution is 6.30. The fourth-order valence-electron chi connectivity index (χ4n) is 4.04. The lowest BCUT2D eigenvalue weighted by atomic mass is 9.83. The minimum Gasteiger partial charge on any atom is -0.388 e. The maximum Gasteiger partial charge on any atom is 0.0991 e. The lowest BCUT2D eigenvalue weighted by molar-refractivity contribution is 0.0316. The molecule has 3 atom stereocenters. The molecule has 0 fully saturated rings. The van der Waals surface area contributed by atoms with Crippen molar-refractivity contribution >= 4 is 23.2 Å². The Morgan fingerprint density at radius 1 is 0.938 bits per heavy atom. The Bertz CT molecular complexity index is 1070. The highest BCUT2D eigenvalue weighted by atomic mass is 35.5. The van der Waals surface area contributed by atoms with E-state index < -0.39 is 5.60 Å². The Labute approximate surface area is 200 Å². The Balaban J connectivity index is 1.95. The molecule has 3 rings (SSSR count). The summed E-state index contributed by atoms with van der Waals surface area (Å²) in [6, 6.07) is 25.1. The molecule has 5 heteroatoms.